The molecule has 18 heavy (non-hydrogen) atoms. The van der Waals surface area contributed by atoms with Crippen LogP contribution >= 0.6 is 22.7 Å². The van der Waals surface area contributed by atoms with E-state index in [2.05, 4.69) is 29.4 Å². The van der Waals surface area contributed by atoms with Gasteiger partial charge in [-0.2, -0.15) is 11.3 Å². The maximum Gasteiger partial charge on any atom is 0.258 e. The van der Waals surface area contributed by atoms with Crippen molar-refractivity contribution in [2.75, 3.05) is 5.32 Å². The van der Waals surface area contributed by atoms with Crippen molar-refractivity contribution in [2.24, 2.45) is 5.92 Å². The van der Waals surface area contributed by atoms with Crippen molar-refractivity contribution in [3.8, 4) is 0 Å². The Kier molecular flexibility index (Phi) is 4.08. The van der Waals surface area contributed by atoms with Crippen LogP contribution in [0.25, 0.3) is 0 Å². The second-order valence-electron chi connectivity index (χ2n) is 4.52. The number of anilines is 1. The zero-order chi connectivity index (χ0) is 13.1. The smallest absolute Gasteiger partial charge is 0.258 e. The van der Waals surface area contributed by atoms with E-state index in [0.717, 1.165) is 17.0 Å². The molecule has 1 amide bonds. The van der Waals surface area contributed by atoms with E-state index in [4.69, 9.17) is 0 Å². The Morgan fingerprint density at radius 3 is 2.78 bits per heavy atom. The van der Waals surface area contributed by atoms with E-state index in [1.807, 2.05) is 17.7 Å². The molecule has 1 N–H and O–H groups in total. The SMILES string of the molecule is Cc1cscc1C(=O)Nc1nnc(CC(C)C)s1. The molecule has 0 aliphatic rings. The summed E-state index contributed by atoms with van der Waals surface area (Å²) in [5.41, 5.74) is 1.70. The van der Waals surface area contributed by atoms with E-state index in [1.54, 1.807) is 0 Å². The molecule has 2 aromatic rings. The Bertz CT molecular complexity index is 545. The maximum atomic E-state index is 12.0. The molecule has 0 unspecified atom stereocenters. The fourth-order valence-electron chi connectivity index (χ4n) is 1.49. The minimum atomic E-state index is -0.110. The Morgan fingerprint density at radius 2 is 2.17 bits per heavy atom. The van der Waals surface area contributed by atoms with Crippen LogP contribution in [0.4, 0.5) is 5.13 Å². The predicted molar refractivity (Wildman–Crippen MR) is 75.5 cm³/mol. The average Bonchev–Trinajstić information content (AvgIpc) is 2.87. The topological polar surface area (TPSA) is 54.9 Å². The third kappa shape index (κ3) is 3.14. The summed E-state index contributed by atoms with van der Waals surface area (Å²) in [6, 6.07) is 0. The van der Waals surface area contributed by atoms with Gasteiger partial charge in [-0.05, 0) is 23.8 Å². The van der Waals surface area contributed by atoms with E-state index in [-0.39, 0.29) is 5.91 Å². The van der Waals surface area contributed by atoms with Crippen LogP contribution in [0.2, 0.25) is 0 Å². The number of aromatic nitrogens is 2. The first-order chi connectivity index (χ1) is 8.56. The quantitative estimate of drug-likeness (QED) is 0.935. The van der Waals surface area contributed by atoms with E-state index < -0.39 is 0 Å². The van der Waals surface area contributed by atoms with Crippen molar-refractivity contribution in [3.63, 3.8) is 0 Å². The van der Waals surface area contributed by atoms with Gasteiger partial charge in [0.2, 0.25) is 5.13 Å². The molecule has 2 heterocycles. The lowest BCUT2D eigenvalue weighted by molar-refractivity contribution is 0.102. The minimum absolute atomic E-state index is 0.110. The highest BCUT2D eigenvalue weighted by Gasteiger charge is 2.13. The molecule has 0 atom stereocenters. The highest BCUT2D eigenvalue weighted by Crippen LogP contribution is 2.20. The molecule has 6 heteroatoms. The first-order valence-corrected chi connectivity index (χ1v) is 7.48. The van der Waals surface area contributed by atoms with Gasteiger partial charge in [0.15, 0.2) is 0 Å². The lowest BCUT2D eigenvalue weighted by Crippen LogP contribution is -2.11. The number of amides is 1. The van der Waals surface area contributed by atoms with Crippen LogP contribution in [0.15, 0.2) is 10.8 Å². The molecule has 4 nitrogen and oxygen atoms in total. The van der Waals surface area contributed by atoms with Crippen LogP contribution in [0.1, 0.15) is 34.8 Å². The van der Waals surface area contributed by atoms with Gasteiger partial charge in [-0.15, -0.1) is 10.2 Å². The van der Waals surface area contributed by atoms with Gasteiger partial charge >= 0.3 is 0 Å². The van der Waals surface area contributed by atoms with Crippen molar-refractivity contribution in [1.29, 1.82) is 0 Å². The second-order valence-corrected chi connectivity index (χ2v) is 6.33. The standard InChI is InChI=1S/C12H15N3OS2/c1-7(2)4-10-14-15-12(18-10)13-11(16)9-6-17-5-8(9)3/h5-7H,4H2,1-3H3,(H,13,15,16). The lowest BCUT2D eigenvalue weighted by Gasteiger charge is -1.99. The molecule has 0 aromatic carbocycles. The molecule has 0 saturated carbocycles. The molecular weight excluding hydrogens is 266 g/mol. The Labute approximate surface area is 114 Å². The van der Waals surface area contributed by atoms with Crippen LogP contribution in [-0.2, 0) is 6.42 Å². The Morgan fingerprint density at radius 1 is 1.39 bits per heavy atom. The first-order valence-electron chi connectivity index (χ1n) is 5.72. The van der Waals surface area contributed by atoms with Crippen LogP contribution in [0, 0.1) is 12.8 Å². The molecule has 2 aromatic heterocycles. The zero-order valence-electron chi connectivity index (χ0n) is 10.6. The molecule has 0 radical (unpaired) electrons. The third-order valence-corrected chi connectivity index (χ3v) is 4.09. The van der Waals surface area contributed by atoms with Gasteiger partial charge in [0.25, 0.3) is 5.91 Å². The van der Waals surface area contributed by atoms with Gasteiger partial charge in [0.05, 0.1) is 5.56 Å². The molecular formula is C12H15N3OS2. The summed E-state index contributed by atoms with van der Waals surface area (Å²) in [6.07, 6.45) is 0.894. The number of thiophene rings is 1. The molecule has 0 fully saturated rings. The summed E-state index contributed by atoms with van der Waals surface area (Å²) in [7, 11) is 0. The normalized spacial score (nSPS) is 10.9. The van der Waals surface area contributed by atoms with E-state index in [9.17, 15) is 4.79 Å². The van der Waals surface area contributed by atoms with Crippen LogP contribution in [-0.4, -0.2) is 16.1 Å². The summed E-state index contributed by atoms with van der Waals surface area (Å²) < 4.78 is 0. The number of carbonyl (C=O) groups excluding carboxylic acids is 1. The number of carbonyl (C=O) groups is 1. The molecule has 96 valence electrons. The van der Waals surface area contributed by atoms with Crippen LogP contribution < -0.4 is 5.32 Å². The number of aryl methyl sites for hydroxylation is 1. The van der Waals surface area contributed by atoms with Gasteiger partial charge in [-0.25, -0.2) is 0 Å². The molecule has 0 bridgehead atoms. The van der Waals surface area contributed by atoms with Crippen molar-refractivity contribution in [1.82, 2.24) is 10.2 Å². The van der Waals surface area contributed by atoms with Gasteiger partial charge < -0.3 is 0 Å². The molecule has 0 spiro atoms. The third-order valence-electron chi connectivity index (χ3n) is 2.37. The molecule has 0 saturated heterocycles. The summed E-state index contributed by atoms with van der Waals surface area (Å²) in [5.74, 6) is 0.432. The van der Waals surface area contributed by atoms with Gasteiger partial charge in [-0.1, -0.05) is 25.2 Å². The maximum absolute atomic E-state index is 12.0. The van der Waals surface area contributed by atoms with Crippen molar-refractivity contribution < 1.29 is 4.79 Å². The Hall–Kier alpha value is -1.27. The minimum Gasteiger partial charge on any atom is -0.296 e. The number of hydrogen-bond donors (Lipinski definition) is 1. The fourth-order valence-corrected chi connectivity index (χ4v) is 3.27. The molecule has 0 aliphatic heterocycles. The number of rotatable bonds is 4. The summed E-state index contributed by atoms with van der Waals surface area (Å²) in [4.78, 5) is 12.0. The van der Waals surface area contributed by atoms with Gasteiger partial charge in [0, 0.05) is 11.8 Å². The second kappa shape index (κ2) is 5.58. The summed E-state index contributed by atoms with van der Waals surface area (Å²) >= 11 is 2.97. The first kappa shape index (κ1) is 13.2. The van der Waals surface area contributed by atoms with Crippen molar-refractivity contribution in [3.05, 3.63) is 26.9 Å². The van der Waals surface area contributed by atoms with E-state index >= 15 is 0 Å². The predicted octanol–water partition coefficient (Wildman–Crippen LogP) is 3.36. The van der Waals surface area contributed by atoms with E-state index in [0.29, 0.717) is 16.6 Å². The van der Waals surface area contributed by atoms with Crippen LogP contribution in [0.3, 0.4) is 0 Å². The molecule has 2 rings (SSSR count). The number of nitrogens with one attached hydrogen (secondary N) is 1. The molecule has 0 aliphatic carbocycles. The average molecular weight is 281 g/mol. The summed E-state index contributed by atoms with van der Waals surface area (Å²) in [5, 5.41) is 16.2. The number of nitrogens with zero attached hydrogens (tertiary/aromatic N) is 2. The largest absolute Gasteiger partial charge is 0.296 e. The van der Waals surface area contributed by atoms with Gasteiger partial charge in [-0.3, -0.25) is 10.1 Å². The highest BCUT2D eigenvalue weighted by atomic mass is 32.1. The van der Waals surface area contributed by atoms with Gasteiger partial charge in [0.1, 0.15) is 5.01 Å². The zero-order valence-corrected chi connectivity index (χ0v) is 12.2. The Balaban J connectivity index is 2.04. The van der Waals surface area contributed by atoms with E-state index in [1.165, 1.54) is 22.7 Å². The fraction of sp³-hybridized carbons (Fsp3) is 0.417. The lowest BCUT2D eigenvalue weighted by atomic mass is 10.1. The highest BCUT2D eigenvalue weighted by molar-refractivity contribution is 7.15. The number of hydrogen-bond acceptors (Lipinski definition) is 5. The summed E-state index contributed by atoms with van der Waals surface area (Å²) in [6.45, 7) is 6.19. The van der Waals surface area contributed by atoms with Crippen molar-refractivity contribution >= 4 is 33.7 Å². The monoisotopic (exact) mass is 281 g/mol. The van der Waals surface area contributed by atoms with Crippen LogP contribution in [0.5, 0.6) is 0 Å². The van der Waals surface area contributed by atoms with Crippen molar-refractivity contribution in [2.45, 2.75) is 27.2 Å².